The van der Waals surface area contributed by atoms with Gasteiger partial charge in [-0.1, -0.05) is 0 Å². The molecule has 6 nitrogen and oxygen atoms in total. The van der Waals surface area contributed by atoms with Gasteiger partial charge in [0.15, 0.2) is 0 Å². The molecule has 1 aliphatic rings. The highest BCUT2D eigenvalue weighted by molar-refractivity contribution is 7.10. The summed E-state index contributed by atoms with van der Waals surface area (Å²) in [6.45, 7) is 5.27. The summed E-state index contributed by atoms with van der Waals surface area (Å²) in [4.78, 5) is 27.8. The first-order valence-corrected chi connectivity index (χ1v) is 8.68. The standard InChI is InChI=1S/C16H20N4O2S/c1-3-20-14(6-8-17-20)19-9-4-5-13(16(19)22)18-15(21)12-7-10-23-11(12)2/h6-8,10,13H,3-5,9H2,1-2H3,(H,18,21)/t13-/m1/s1. The van der Waals surface area contributed by atoms with Crippen molar-refractivity contribution in [3.63, 3.8) is 0 Å². The molecule has 1 aliphatic heterocycles. The van der Waals surface area contributed by atoms with Crippen LogP contribution >= 0.6 is 11.3 Å². The number of nitrogens with zero attached hydrogens (tertiary/aromatic N) is 3. The van der Waals surface area contributed by atoms with Gasteiger partial charge >= 0.3 is 0 Å². The van der Waals surface area contributed by atoms with E-state index >= 15 is 0 Å². The summed E-state index contributed by atoms with van der Waals surface area (Å²) in [7, 11) is 0. The first-order chi connectivity index (χ1) is 11.1. The number of thiophene rings is 1. The molecule has 2 aromatic rings. The van der Waals surface area contributed by atoms with Gasteiger partial charge in [-0.25, -0.2) is 4.68 Å². The maximum atomic E-state index is 12.8. The predicted molar refractivity (Wildman–Crippen MR) is 89.8 cm³/mol. The van der Waals surface area contributed by atoms with Gasteiger partial charge in [0, 0.05) is 24.0 Å². The van der Waals surface area contributed by atoms with Crippen molar-refractivity contribution >= 4 is 29.0 Å². The third kappa shape index (κ3) is 3.01. The number of carbonyl (C=O) groups excluding carboxylic acids is 2. The van der Waals surface area contributed by atoms with E-state index in [1.165, 1.54) is 11.3 Å². The van der Waals surface area contributed by atoms with Crippen molar-refractivity contribution in [3.8, 4) is 0 Å². The first-order valence-electron chi connectivity index (χ1n) is 7.80. The molecular formula is C16H20N4O2S. The highest BCUT2D eigenvalue weighted by Crippen LogP contribution is 2.22. The lowest BCUT2D eigenvalue weighted by molar-refractivity contribution is -0.121. The number of carbonyl (C=O) groups is 2. The molecule has 1 fully saturated rings. The summed E-state index contributed by atoms with van der Waals surface area (Å²) >= 11 is 1.53. The first kappa shape index (κ1) is 15.7. The van der Waals surface area contributed by atoms with Gasteiger partial charge in [0.2, 0.25) is 0 Å². The van der Waals surface area contributed by atoms with E-state index in [2.05, 4.69) is 10.4 Å². The molecule has 0 saturated carbocycles. The van der Waals surface area contributed by atoms with Crippen LogP contribution in [-0.4, -0.2) is 34.2 Å². The van der Waals surface area contributed by atoms with Crippen molar-refractivity contribution in [2.45, 2.75) is 39.3 Å². The van der Waals surface area contributed by atoms with Crippen molar-refractivity contribution in [3.05, 3.63) is 34.2 Å². The lowest BCUT2D eigenvalue weighted by Gasteiger charge is -2.32. The van der Waals surface area contributed by atoms with Crippen LogP contribution in [-0.2, 0) is 11.3 Å². The maximum absolute atomic E-state index is 12.8. The zero-order valence-electron chi connectivity index (χ0n) is 13.3. The van der Waals surface area contributed by atoms with Crippen LogP contribution in [0.4, 0.5) is 5.82 Å². The van der Waals surface area contributed by atoms with Crippen molar-refractivity contribution in [2.24, 2.45) is 0 Å². The average Bonchev–Trinajstić information content (AvgIpc) is 3.17. The number of aromatic nitrogens is 2. The number of hydrogen-bond acceptors (Lipinski definition) is 4. The van der Waals surface area contributed by atoms with E-state index in [9.17, 15) is 9.59 Å². The van der Waals surface area contributed by atoms with Crippen molar-refractivity contribution in [1.82, 2.24) is 15.1 Å². The number of anilines is 1. The lowest BCUT2D eigenvalue weighted by atomic mass is 10.0. The fourth-order valence-corrected chi connectivity index (χ4v) is 3.59. The summed E-state index contributed by atoms with van der Waals surface area (Å²) in [6, 6.07) is 3.16. The van der Waals surface area contributed by atoms with E-state index in [0.717, 1.165) is 17.1 Å². The molecule has 2 amide bonds. The lowest BCUT2D eigenvalue weighted by Crippen LogP contribution is -2.53. The summed E-state index contributed by atoms with van der Waals surface area (Å²) in [5.41, 5.74) is 0.651. The Bertz CT molecular complexity index is 721. The summed E-state index contributed by atoms with van der Waals surface area (Å²) < 4.78 is 1.80. The Morgan fingerprint density at radius 2 is 2.30 bits per heavy atom. The average molecular weight is 332 g/mol. The number of aryl methyl sites for hydroxylation is 2. The monoisotopic (exact) mass is 332 g/mol. The number of amides is 2. The van der Waals surface area contributed by atoms with E-state index in [-0.39, 0.29) is 11.8 Å². The second-order valence-corrected chi connectivity index (χ2v) is 6.67. The Hall–Kier alpha value is -2.15. The minimum atomic E-state index is -0.476. The maximum Gasteiger partial charge on any atom is 0.253 e. The Morgan fingerprint density at radius 3 is 3.00 bits per heavy atom. The van der Waals surface area contributed by atoms with Crippen molar-refractivity contribution < 1.29 is 9.59 Å². The summed E-state index contributed by atoms with van der Waals surface area (Å²) in [6.07, 6.45) is 3.22. The van der Waals surface area contributed by atoms with Gasteiger partial charge in [-0.3, -0.25) is 14.5 Å². The minimum absolute atomic E-state index is 0.0623. The zero-order valence-corrected chi connectivity index (χ0v) is 14.1. The van der Waals surface area contributed by atoms with Crippen LogP contribution in [0.2, 0.25) is 0 Å². The second kappa shape index (κ2) is 6.54. The summed E-state index contributed by atoms with van der Waals surface area (Å²) in [5, 5.41) is 9.00. The highest BCUT2D eigenvalue weighted by atomic mass is 32.1. The molecule has 0 bridgehead atoms. The Kier molecular flexibility index (Phi) is 4.47. The van der Waals surface area contributed by atoms with Gasteiger partial charge in [0.05, 0.1) is 11.8 Å². The Labute approximate surface area is 139 Å². The van der Waals surface area contributed by atoms with E-state index < -0.39 is 6.04 Å². The Morgan fingerprint density at radius 1 is 1.48 bits per heavy atom. The Balaban J connectivity index is 1.75. The molecule has 0 aliphatic carbocycles. The van der Waals surface area contributed by atoms with Gasteiger partial charge in [-0.15, -0.1) is 11.3 Å². The van der Waals surface area contributed by atoms with Crippen LogP contribution in [0.3, 0.4) is 0 Å². The molecule has 0 spiro atoms. The number of hydrogen-bond donors (Lipinski definition) is 1. The number of nitrogens with one attached hydrogen (secondary N) is 1. The van der Waals surface area contributed by atoms with Crippen LogP contribution in [0.15, 0.2) is 23.7 Å². The molecule has 0 radical (unpaired) electrons. The van der Waals surface area contributed by atoms with Crippen molar-refractivity contribution in [1.29, 1.82) is 0 Å². The molecule has 7 heteroatoms. The molecule has 0 aromatic carbocycles. The molecule has 2 aromatic heterocycles. The molecule has 1 saturated heterocycles. The predicted octanol–water partition coefficient (Wildman–Crippen LogP) is 2.20. The van der Waals surface area contributed by atoms with Gasteiger partial charge in [-0.05, 0) is 38.1 Å². The van der Waals surface area contributed by atoms with E-state index in [1.54, 1.807) is 21.8 Å². The SMILES string of the molecule is CCn1nccc1N1CCC[C@@H](NC(=O)c2ccsc2C)C1=O. The zero-order chi connectivity index (χ0) is 16.4. The van der Waals surface area contributed by atoms with Gasteiger partial charge in [0.1, 0.15) is 11.9 Å². The van der Waals surface area contributed by atoms with E-state index in [1.807, 2.05) is 25.3 Å². The molecule has 23 heavy (non-hydrogen) atoms. The van der Waals surface area contributed by atoms with Gasteiger partial charge in [0.25, 0.3) is 11.8 Å². The topological polar surface area (TPSA) is 67.2 Å². The normalized spacial score (nSPS) is 18.3. The second-order valence-electron chi connectivity index (χ2n) is 5.55. The molecule has 122 valence electrons. The third-order valence-electron chi connectivity index (χ3n) is 4.12. The van der Waals surface area contributed by atoms with Crippen LogP contribution < -0.4 is 10.2 Å². The highest BCUT2D eigenvalue weighted by Gasteiger charge is 2.32. The van der Waals surface area contributed by atoms with Crippen LogP contribution in [0.25, 0.3) is 0 Å². The van der Waals surface area contributed by atoms with Crippen LogP contribution in [0, 0.1) is 6.92 Å². The minimum Gasteiger partial charge on any atom is -0.340 e. The van der Waals surface area contributed by atoms with Crippen molar-refractivity contribution in [2.75, 3.05) is 11.4 Å². The molecule has 1 N–H and O–H groups in total. The van der Waals surface area contributed by atoms with Gasteiger partial charge in [-0.2, -0.15) is 5.10 Å². The largest absolute Gasteiger partial charge is 0.340 e. The smallest absolute Gasteiger partial charge is 0.253 e. The van der Waals surface area contributed by atoms with E-state index in [0.29, 0.717) is 25.1 Å². The fourth-order valence-electron chi connectivity index (χ4n) is 2.89. The quantitative estimate of drug-likeness (QED) is 0.933. The molecule has 1 atom stereocenters. The molecule has 3 heterocycles. The van der Waals surface area contributed by atoms with Crippen LogP contribution in [0.5, 0.6) is 0 Å². The number of piperidine rings is 1. The third-order valence-corrected chi connectivity index (χ3v) is 4.96. The molecule has 0 unspecified atom stereocenters. The molecular weight excluding hydrogens is 312 g/mol. The molecule has 3 rings (SSSR count). The number of rotatable bonds is 4. The summed E-state index contributed by atoms with van der Waals surface area (Å²) in [5.74, 6) is 0.559. The van der Waals surface area contributed by atoms with Crippen LogP contribution in [0.1, 0.15) is 35.0 Å². The van der Waals surface area contributed by atoms with Gasteiger partial charge < -0.3 is 5.32 Å². The van der Waals surface area contributed by atoms with E-state index in [4.69, 9.17) is 0 Å². The fraction of sp³-hybridized carbons (Fsp3) is 0.438.